The number of hydrogen-bond acceptors (Lipinski definition) is 3. The van der Waals surface area contributed by atoms with Gasteiger partial charge in [-0.15, -0.1) is 0 Å². The van der Waals surface area contributed by atoms with Crippen LogP contribution in [0.4, 0.5) is 0 Å². The molecule has 1 heterocycles. The van der Waals surface area contributed by atoms with E-state index >= 15 is 0 Å². The van der Waals surface area contributed by atoms with Crippen LogP contribution in [0.1, 0.15) is 30.8 Å². The van der Waals surface area contributed by atoms with Gasteiger partial charge in [0.05, 0.1) is 11.2 Å². The second-order valence-electron chi connectivity index (χ2n) is 3.84. The highest BCUT2D eigenvalue weighted by molar-refractivity contribution is 6.33. The van der Waals surface area contributed by atoms with Gasteiger partial charge in [-0.05, 0) is 12.8 Å². The molecule has 1 rings (SSSR count). The number of hydrogen-bond donors (Lipinski definition) is 0. The molecule has 0 aliphatic heterocycles. The third kappa shape index (κ3) is 3.06. The highest BCUT2D eigenvalue weighted by Crippen LogP contribution is 2.19. The normalized spacial score (nSPS) is 12.8. The fourth-order valence-electron chi connectivity index (χ4n) is 1.64. The first-order valence-electron chi connectivity index (χ1n) is 5.33. The molecule has 1 aromatic heterocycles. The minimum atomic E-state index is 0.0221. The van der Waals surface area contributed by atoms with E-state index in [2.05, 4.69) is 5.10 Å². The van der Waals surface area contributed by atoms with Crippen LogP contribution in [0.15, 0.2) is 6.20 Å². The van der Waals surface area contributed by atoms with E-state index in [1.165, 1.54) is 6.20 Å². The number of carbonyl (C=O) groups excluding carboxylic acids is 1. The summed E-state index contributed by atoms with van der Waals surface area (Å²) >= 11 is 5.94. The molecule has 0 radical (unpaired) electrons. The Labute approximate surface area is 101 Å². The van der Waals surface area contributed by atoms with Gasteiger partial charge in [0.2, 0.25) is 0 Å². The molecule has 5 heteroatoms. The van der Waals surface area contributed by atoms with Crippen LogP contribution >= 0.6 is 11.6 Å². The molecule has 16 heavy (non-hydrogen) atoms. The summed E-state index contributed by atoms with van der Waals surface area (Å²) in [7, 11) is 1.63. The molecule has 0 N–H and O–H groups in total. The van der Waals surface area contributed by atoms with Crippen molar-refractivity contribution in [3.8, 4) is 0 Å². The Balaban J connectivity index is 2.75. The van der Waals surface area contributed by atoms with Crippen molar-refractivity contribution in [2.75, 3.05) is 13.7 Å². The maximum Gasteiger partial charge on any atom is 0.182 e. The molecule has 0 bridgehead atoms. The van der Waals surface area contributed by atoms with Crippen molar-refractivity contribution in [2.45, 2.75) is 26.8 Å². The zero-order valence-corrected chi connectivity index (χ0v) is 10.6. The summed E-state index contributed by atoms with van der Waals surface area (Å²) in [6.07, 6.45) is 1.94. The van der Waals surface area contributed by atoms with Gasteiger partial charge < -0.3 is 4.74 Å². The van der Waals surface area contributed by atoms with Crippen molar-refractivity contribution >= 4 is 17.4 Å². The molecule has 0 saturated carbocycles. The molecule has 1 unspecified atom stereocenters. The van der Waals surface area contributed by atoms with Crippen molar-refractivity contribution in [3.05, 3.63) is 16.9 Å². The third-order valence-corrected chi connectivity index (χ3v) is 2.62. The molecule has 0 fully saturated rings. The molecule has 1 aromatic rings. The Morgan fingerprint density at radius 1 is 1.69 bits per heavy atom. The van der Waals surface area contributed by atoms with E-state index in [0.29, 0.717) is 30.3 Å². The number of aryl methyl sites for hydroxylation is 1. The van der Waals surface area contributed by atoms with Gasteiger partial charge in [-0.2, -0.15) is 5.10 Å². The lowest BCUT2D eigenvalue weighted by Gasteiger charge is -2.10. The number of Topliss-reactive ketones (excluding diaryl/α,β-unsaturated/α-hetero) is 1. The Hall–Kier alpha value is -0.870. The van der Waals surface area contributed by atoms with Gasteiger partial charge in [0.15, 0.2) is 5.78 Å². The summed E-state index contributed by atoms with van der Waals surface area (Å²) in [6, 6.07) is 0. The summed E-state index contributed by atoms with van der Waals surface area (Å²) < 4.78 is 6.63. The lowest BCUT2D eigenvalue weighted by Crippen LogP contribution is -2.15. The van der Waals surface area contributed by atoms with Gasteiger partial charge in [0, 0.05) is 26.7 Å². The first kappa shape index (κ1) is 13.2. The minimum absolute atomic E-state index is 0.0221. The lowest BCUT2D eigenvalue weighted by atomic mass is 10.0. The highest BCUT2D eigenvalue weighted by atomic mass is 35.5. The molecule has 0 aromatic carbocycles. The van der Waals surface area contributed by atoms with Crippen molar-refractivity contribution in [1.29, 1.82) is 0 Å². The van der Waals surface area contributed by atoms with E-state index in [-0.39, 0.29) is 11.7 Å². The van der Waals surface area contributed by atoms with Crippen LogP contribution in [-0.2, 0) is 11.3 Å². The molecule has 1 atom stereocenters. The standard InChI is InChI=1S/C11H17ClN2O2/c1-4-14-11(9(12)6-13-14)10(15)5-8(2)7-16-3/h6,8H,4-5,7H2,1-3H3. The molecule has 90 valence electrons. The fraction of sp³-hybridized carbons (Fsp3) is 0.636. The molecule has 0 amide bonds. The zero-order valence-electron chi connectivity index (χ0n) is 9.86. The number of aromatic nitrogens is 2. The molecule has 0 aliphatic rings. The second kappa shape index (κ2) is 6.01. The Morgan fingerprint density at radius 2 is 2.38 bits per heavy atom. The Morgan fingerprint density at radius 3 is 2.94 bits per heavy atom. The quantitative estimate of drug-likeness (QED) is 0.722. The molecular weight excluding hydrogens is 228 g/mol. The van der Waals surface area contributed by atoms with E-state index in [4.69, 9.17) is 16.3 Å². The van der Waals surface area contributed by atoms with E-state index in [9.17, 15) is 4.79 Å². The minimum Gasteiger partial charge on any atom is -0.384 e. The predicted octanol–water partition coefficient (Wildman–Crippen LogP) is 2.41. The summed E-state index contributed by atoms with van der Waals surface area (Å²) in [4.78, 5) is 12.0. The van der Waals surface area contributed by atoms with Crippen LogP contribution in [0.25, 0.3) is 0 Å². The van der Waals surface area contributed by atoms with Crippen LogP contribution in [0, 0.1) is 5.92 Å². The van der Waals surface area contributed by atoms with E-state index < -0.39 is 0 Å². The van der Waals surface area contributed by atoms with Crippen LogP contribution in [0.3, 0.4) is 0 Å². The summed E-state index contributed by atoms with van der Waals surface area (Å²) in [5.41, 5.74) is 0.507. The predicted molar refractivity (Wildman–Crippen MR) is 62.9 cm³/mol. The Kier molecular flexibility index (Phi) is 4.96. The molecule has 0 spiro atoms. The van der Waals surface area contributed by atoms with Gasteiger partial charge in [-0.3, -0.25) is 9.48 Å². The number of rotatable bonds is 6. The molecular formula is C11H17ClN2O2. The zero-order chi connectivity index (χ0) is 12.1. The van der Waals surface area contributed by atoms with Gasteiger partial charge >= 0.3 is 0 Å². The first-order chi connectivity index (χ1) is 7.60. The van der Waals surface area contributed by atoms with E-state index in [0.717, 1.165) is 0 Å². The summed E-state index contributed by atoms with van der Waals surface area (Å²) in [6.45, 7) is 5.12. The van der Waals surface area contributed by atoms with Gasteiger partial charge in [-0.1, -0.05) is 18.5 Å². The van der Waals surface area contributed by atoms with Crippen LogP contribution in [0.2, 0.25) is 5.02 Å². The average Bonchev–Trinajstić information content (AvgIpc) is 2.59. The molecule has 4 nitrogen and oxygen atoms in total. The largest absolute Gasteiger partial charge is 0.384 e. The maximum atomic E-state index is 12.0. The first-order valence-corrected chi connectivity index (χ1v) is 5.71. The third-order valence-electron chi connectivity index (χ3n) is 2.34. The van der Waals surface area contributed by atoms with Crippen LogP contribution < -0.4 is 0 Å². The highest BCUT2D eigenvalue weighted by Gasteiger charge is 2.18. The van der Waals surface area contributed by atoms with Crippen molar-refractivity contribution in [2.24, 2.45) is 5.92 Å². The topological polar surface area (TPSA) is 44.1 Å². The number of carbonyl (C=O) groups is 1. The maximum absolute atomic E-state index is 12.0. The van der Waals surface area contributed by atoms with Crippen molar-refractivity contribution < 1.29 is 9.53 Å². The van der Waals surface area contributed by atoms with E-state index in [1.54, 1.807) is 11.8 Å². The second-order valence-corrected chi connectivity index (χ2v) is 4.25. The number of ketones is 1. The van der Waals surface area contributed by atoms with E-state index in [1.807, 2.05) is 13.8 Å². The summed E-state index contributed by atoms with van der Waals surface area (Å²) in [5, 5.41) is 4.47. The van der Waals surface area contributed by atoms with Crippen molar-refractivity contribution in [1.82, 2.24) is 9.78 Å². The number of ether oxygens (including phenoxy) is 1. The Bertz CT molecular complexity index is 363. The van der Waals surface area contributed by atoms with Crippen LogP contribution in [-0.4, -0.2) is 29.3 Å². The van der Waals surface area contributed by atoms with Gasteiger partial charge in [-0.25, -0.2) is 0 Å². The monoisotopic (exact) mass is 244 g/mol. The van der Waals surface area contributed by atoms with Crippen molar-refractivity contribution in [3.63, 3.8) is 0 Å². The fourth-order valence-corrected chi connectivity index (χ4v) is 1.88. The summed E-state index contributed by atoms with van der Waals surface area (Å²) in [5.74, 6) is 0.211. The number of nitrogens with zero attached hydrogens (tertiary/aromatic N) is 2. The van der Waals surface area contributed by atoms with Crippen LogP contribution in [0.5, 0.6) is 0 Å². The SMILES string of the molecule is CCn1ncc(Cl)c1C(=O)CC(C)COC. The number of methoxy groups -OCH3 is 1. The number of halogens is 1. The molecule has 0 saturated heterocycles. The smallest absolute Gasteiger partial charge is 0.182 e. The van der Waals surface area contributed by atoms with Gasteiger partial charge in [0.25, 0.3) is 0 Å². The molecule has 0 aliphatic carbocycles. The lowest BCUT2D eigenvalue weighted by molar-refractivity contribution is 0.0910. The average molecular weight is 245 g/mol. The van der Waals surface area contributed by atoms with Gasteiger partial charge in [0.1, 0.15) is 5.69 Å².